The zero-order valence-corrected chi connectivity index (χ0v) is 10.6. The monoisotopic (exact) mass is 258 g/mol. The lowest BCUT2D eigenvalue weighted by molar-refractivity contribution is 0.828. The van der Waals surface area contributed by atoms with Gasteiger partial charge in [0.25, 0.3) is 0 Å². The van der Waals surface area contributed by atoms with Crippen LogP contribution in [0.15, 0.2) is 36.7 Å². The minimum atomic E-state index is 0.435. The number of aryl methyl sites for hydroxylation is 1. The van der Waals surface area contributed by atoms with Crippen LogP contribution in [0.3, 0.4) is 0 Å². The van der Waals surface area contributed by atoms with Gasteiger partial charge in [-0.1, -0.05) is 23.7 Å². The summed E-state index contributed by atoms with van der Waals surface area (Å²) in [6.07, 6.45) is 3.81. The van der Waals surface area contributed by atoms with Gasteiger partial charge in [0.2, 0.25) is 0 Å². The molecule has 0 unspecified atom stereocenters. The summed E-state index contributed by atoms with van der Waals surface area (Å²) in [6.45, 7) is 0. The van der Waals surface area contributed by atoms with Crippen LogP contribution in [0.1, 0.15) is 11.5 Å². The summed E-state index contributed by atoms with van der Waals surface area (Å²) in [5, 5.41) is 0.435. The van der Waals surface area contributed by atoms with E-state index in [1.807, 2.05) is 31.3 Å². The van der Waals surface area contributed by atoms with Crippen molar-refractivity contribution in [3.63, 3.8) is 0 Å². The van der Waals surface area contributed by atoms with E-state index in [0.717, 1.165) is 22.6 Å². The second kappa shape index (κ2) is 4.38. The van der Waals surface area contributed by atoms with Crippen molar-refractivity contribution in [2.75, 3.05) is 0 Å². The van der Waals surface area contributed by atoms with Crippen LogP contribution < -0.4 is 0 Å². The van der Waals surface area contributed by atoms with Crippen molar-refractivity contribution < 1.29 is 0 Å². The molecule has 3 rings (SSSR count). The van der Waals surface area contributed by atoms with Gasteiger partial charge in [-0.2, -0.15) is 0 Å². The summed E-state index contributed by atoms with van der Waals surface area (Å²) in [7, 11) is 1.99. The van der Waals surface area contributed by atoms with Gasteiger partial charge < -0.3 is 4.57 Å². The smallest absolute Gasteiger partial charge is 0.150 e. The molecule has 0 atom stereocenters. The molecule has 5 heteroatoms. The van der Waals surface area contributed by atoms with Crippen LogP contribution in [0.5, 0.6) is 0 Å². The molecular weight excluding hydrogens is 248 g/mol. The largest absolute Gasteiger partial charge is 0.331 e. The molecule has 0 aliphatic heterocycles. The number of hydrogen-bond donors (Lipinski definition) is 0. The highest BCUT2D eigenvalue weighted by atomic mass is 35.5. The van der Waals surface area contributed by atoms with Crippen molar-refractivity contribution in [2.24, 2.45) is 7.05 Å². The molecule has 0 radical (unpaired) electrons. The summed E-state index contributed by atoms with van der Waals surface area (Å²) in [5.41, 5.74) is 2.83. The molecule has 3 aromatic rings. The first kappa shape index (κ1) is 11.2. The molecule has 0 bridgehead atoms. The second-order valence-electron chi connectivity index (χ2n) is 4.05. The summed E-state index contributed by atoms with van der Waals surface area (Å²) in [5.74, 6) is 0.929. The first-order chi connectivity index (χ1) is 8.75. The van der Waals surface area contributed by atoms with Gasteiger partial charge in [-0.15, -0.1) is 0 Å². The highest BCUT2D eigenvalue weighted by Gasteiger charge is 2.10. The number of aromatic nitrogens is 4. The summed E-state index contributed by atoms with van der Waals surface area (Å²) in [4.78, 5) is 12.8. The molecule has 0 N–H and O–H groups in total. The van der Waals surface area contributed by atoms with E-state index >= 15 is 0 Å². The number of imidazole rings is 1. The summed E-state index contributed by atoms with van der Waals surface area (Å²) >= 11 is 6.01. The van der Waals surface area contributed by atoms with Gasteiger partial charge in [0.1, 0.15) is 5.82 Å². The molecule has 0 amide bonds. The van der Waals surface area contributed by atoms with Crippen molar-refractivity contribution in [3.05, 3.63) is 53.3 Å². The third kappa shape index (κ3) is 1.84. The Labute approximate surface area is 109 Å². The topological polar surface area (TPSA) is 43.6 Å². The standard InChI is InChI=1S/C13H11ClN4/c1-18-11-5-3-2-4-9(11)17-12(18)8-10-13(14)16-7-6-15-10/h2-7H,8H2,1H3. The Balaban J connectivity index is 2.06. The van der Waals surface area contributed by atoms with Crippen LogP contribution in [0.2, 0.25) is 5.15 Å². The van der Waals surface area contributed by atoms with E-state index in [1.54, 1.807) is 12.4 Å². The average molecular weight is 259 g/mol. The number of fused-ring (bicyclic) bond motifs is 1. The van der Waals surface area contributed by atoms with Crippen LogP contribution in [0.25, 0.3) is 11.0 Å². The molecule has 2 heterocycles. The first-order valence-electron chi connectivity index (χ1n) is 5.61. The molecule has 4 nitrogen and oxygen atoms in total. The maximum Gasteiger partial charge on any atom is 0.150 e. The molecule has 0 aliphatic rings. The fourth-order valence-electron chi connectivity index (χ4n) is 1.97. The fraction of sp³-hybridized carbons (Fsp3) is 0.154. The lowest BCUT2D eigenvalue weighted by atomic mass is 10.3. The Morgan fingerprint density at radius 1 is 1.17 bits per heavy atom. The Kier molecular flexibility index (Phi) is 2.72. The first-order valence-corrected chi connectivity index (χ1v) is 5.99. The van der Waals surface area contributed by atoms with Crippen molar-refractivity contribution in [1.82, 2.24) is 19.5 Å². The Morgan fingerprint density at radius 3 is 2.72 bits per heavy atom. The molecule has 90 valence electrons. The summed E-state index contributed by atoms with van der Waals surface area (Å²) in [6, 6.07) is 8.03. The number of benzene rings is 1. The van der Waals surface area contributed by atoms with Crippen LogP contribution in [0.4, 0.5) is 0 Å². The number of hydrogen-bond acceptors (Lipinski definition) is 3. The van der Waals surface area contributed by atoms with Crippen LogP contribution in [0, 0.1) is 0 Å². The zero-order chi connectivity index (χ0) is 12.5. The highest BCUT2D eigenvalue weighted by Crippen LogP contribution is 2.18. The molecule has 0 saturated heterocycles. The fourth-order valence-corrected chi connectivity index (χ4v) is 2.14. The van der Waals surface area contributed by atoms with Gasteiger partial charge in [-0.25, -0.2) is 9.97 Å². The SMILES string of the molecule is Cn1c(Cc2nccnc2Cl)nc2ccccc21. The third-order valence-corrected chi connectivity index (χ3v) is 3.24. The van der Waals surface area contributed by atoms with E-state index in [-0.39, 0.29) is 0 Å². The van der Waals surface area contributed by atoms with Gasteiger partial charge in [0, 0.05) is 19.4 Å². The Bertz CT molecular complexity index is 705. The normalized spacial score (nSPS) is 11.0. The van der Waals surface area contributed by atoms with E-state index in [1.165, 1.54) is 0 Å². The average Bonchev–Trinajstić information content (AvgIpc) is 2.70. The Morgan fingerprint density at radius 2 is 1.94 bits per heavy atom. The lowest BCUT2D eigenvalue weighted by Crippen LogP contribution is -2.02. The van der Waals surface area contributed by atoms with Crippen LogP contribution in [-0.2, 0) is 13.5 Å². The van der Waals surface area contributed by atoms with Gasteiger partial charge in [-0.3, -0.25) is 4.98 Å². The van der Waals surface area contributed by atoms with Crippen molar-refractivity contribution >= 4 is 22.6 Å². The van der Waals surface area contributed by atoms with Crippen LogP contribution in [-0.4, -0.2) is 19.5 Å². The van der Waals surface area contributed by atoms with Gasteiger partial charge in [-0.05, 0) is 12.1 Å². The Hall–Kier alpha value is -1.94. The minimum Gasteiger partial charge on any atom is -0.331 e. The number of nitrogens with zero attached hydrogens (tertiary/aromatic N) is 4. The van der Waals surface area contributed by atoms with Gasteiger partial charge in [0.05, 0.1) is 23.1 Å². The zero-order valence-electron chi connectivity index (χ0n) is 9.84. The van der Waals surface area contributed by atoms with E-state index in [4.69, 9.17) is 11.6 Å². The van der Waals surface area contributed by atoms with Gasteiger partial charge in [0.15, 0.2) is 5.15 Å². The number of para-hydroxylation sites is 2. The van der Waals surface area contributed by atoms with E-state index in [9.17, 15) is 0 Å². The molecular formula is C13H11ClN4. The minimum absolute atomic E-state index is 0.435. The quantitative estimate of drug-likeness (QED) is 0.710. The molecule has 0 spiro atoms. The van der Waals surface area contributed by atoms with E-state index in [2.05, 4.69) is 19.5 Å². The van der Waals surface area contributed by atoms with E-state index in [0.29, 0.717) is 11.6 Å². The predicted molar refractivity (Wildman–Crippen MR) is 70.6 cm³/mol. The molecule has 0 aliphatic carbocycles. The molecule has 18 heavy (non-hydrogen) atoms. The molecule has 0 fully saturated rings. The van der Waals surface area contributed by atoms with Crippen molar-refractivity contribution in [2.45, 2.75) is 6.42 Å². The second-order valence-corrected chi connectivity index (χ2v) is 4.40. The molecule has 1 aromatic carbocycles. The number of rotatable bonds is 2. The van der Waals surface area contributed by atoms with Crippen LogP contribution >= 0.6 is 11.6 Å². The number of halogens is 1. The van der Waals surface area contributed by atoms with E-state index < -0.39 is 0 Å². The lowest BCUT2D eigenvalue weighted by Gasteiger charge is -2.02. The molecule has 2 aromatic heterocycles. The summed E-state index contributed by atoms with van der Waals surface area (Å²) < 4.78 is 2.06. The van der Waals surface area contributed by atoms with Gasteiger partial charge >= 0.3 is 0 Å². The van der Waals surface area contributed by atoms with Crippen molar-refractivity contribution in [3.8, 4) is 0 Å². The van der Waals surface area contributed by atoms with Crippen molar-refractivity contribution in [1.29, 1.82) is 0 Å². The maximum absolute atomic E-state index is 6.01. The maximum atomic E-state index is 6.01. The highest BCUT2D eigenvalue weighted by molar-refractivity contribution is 6.30. The molecule has 0 saturated carbocycles. The predicted octanol–water partition coefficient (Wildman–Crippen LogP) is 2.61. The third-order valence-electron chi connectivity index (χ3n) is 2.93.